The third kappa shape index (κ3) is 1.87. The van der Waals surface area contributed by atoms with Crippen molar-refractivity contribution >= 4 is 27.4 Å². The summed E-state index contributed by atoms with van der Waals surface area (Å²) in [4.78, 5) is 11.6. The third-order valence-corrected chi connectivity index (χ3v) is 2.33. The molecule has 0 aliphatic heterocycles. The van der Waals surface area contributed by atoms with Crippen LogP contribution in [0.15, 0.2) is 28.9 Å². The Labute approximate surface area is 95.0 Å². The molecule has 4 nitrogen and oxygen atoms in total. The first kappa shape index (κ1) is 10.2. The summed E-state index contributed by atoms with van der Waals surface area (Å²) in [6.45, 7) is 2.13. The average Bonchev–Trinajstić information content (AvgIpc) is 2.57. The fourth-order valence-electron chi connectivity index (χ4n) is 1.34. The van der Waals surface area contributed by atoms with Crippen LogP contribution < -0.4 is 0 Å². The van der Waals surface area contributed by atoms with E-state index in [9.17, 15) is 4.79 Å². The lowest BCUT2D eigenvalue weighted by Crippen LogP contribution is -2.10. The molecule has 0 atom stereocenters. The zero-order valence-electron chi connectivity index (χ0n) is 8.11. The van der Waals surface area contributed by atoms with E-state index in [1.54, 1.807) is 23.6 Å². The molecule has 0 N–H and O–H groups in total. The zero-order chi connectivity index (χ0) is 10.8. The Kier molecular flexibility index (Phi) is 2.73. The molecule has 0 saturated heterocycles. The van der Waals surface area contributed by atoms with Crippen molar-refractivity contribution in [2.24, 2.45) is 0 Å². The number of pyridine rings is 1. The van der Waals surface area contributed by atoms with Gasteiger partial charge in [0, 0.05) is 0 Å². The highest BCUT2D eigenvalue weighted by Gasteiger charge is 2.11. The first-order valence-electron chi connectivity index (χ1n) is 4.54. The van der Waals surface area contributed by atoms with Gasteiger partial charge < -0.3 is 4.74 Å². The van der Waals surface area contributed by atoms with Gasteiger partial charge >= 0.3 is 5.97 Å². The lowest BCUT2D eigenvalue weighted by Gasteiger charge is -2.03. The van der Waals surface area contributed by atoms with Crippen LogP contribution in [0.1, 0.15) is 17.4 Å². The maximum absolute atomic E-state index is 11.6. The average molecular weight is 269 g/mol. The van der Waals surface area contributed by atoms with Gasteiger partial charge in [0.25, 0.3) is 0 Å². The van der Waals surface area contributed by atoms with Gasteiger partial charge in [-0.2, -0.15) is 5.10 Å². The molecular weight excluding hydrogens is 260 g/mol. The number of fused-ring (bicyclic) bond motifs is 1. The minimum atomic E-state index is -0.362. The highest BCUT2D eigenvalue weighted by atomic mass is 79.9. The molecule has 0 unspecified atom stereocenters. The van der Waals surface area contributed by atoms with Gasteiger partial charge in [0.1, 0.15) is 4.60 Å². The molecule has 0 fully saturated rings. The van der Waals surface area contributed by atoms with Gasteiger partial charge in [-0.15, -0.1) is 0 Å². The Bertz CT molecular complexity index is 507. The molecule has 5 heteroatoms. The van der Waals surface area contributed by atoms with Crippen molar-refractivity contribution in [3.63, 3.8) is 0 Å². The number of hydrogen-bond acceptors (Lipinski definition) is 3. The third-order valence-electron chi connectivity index (χ3n) is 1.94. The van der Waals surface area contributed by atoms with Gasteiger partial charge in [-0.05, 0) is 41.1 Å². The SMILES string of the molecule is CCOC(=O)c1cccc2cc(Br)nn12. The van der Waals surface area contributed by atoms with Crippen molar-refractivity contribution in [1.29, 1.82) is 0 Å². The van der Waals surface area contributed by atoms with Gasteiger partial charge in [0.15, 0.2) is 5.69 Å². The number of carbonyl (C=O) groups excluding carboxylic acids is 1. The number of esters is 1. The molecule has 0 spiro atoms. The molecule has 0 amide bonds. The van der Waals surface area contributed by atoms with E-state index in [4.69, 9.17) is 4.74 Å². The van der Waals surface area contributed by atoms with Crippen LogP contribution in [-0.4, -0.2) is 22.2 Å². The fraction of sp³-hybridized carbons (Fsp3) is 0.200. The first-order chi connectivity index (χ1) is 7.22. The monoisotopic (exact) mass is 268 g/mol. The predicted octanol–water partition coefficient (Wildman–Crippen LogP) is 2.27. The zero-order valence-corrected chi connectivity index (χ0v) is 9.69. The molecular formula is C10H9BrN2O2. The molecule has 2 aromatic heterocycles. The van der Waals surface area contributed by atoms with Crippen molar-refractivity contribution in [2.75, 3.05) is 6.61 Å². The van der Waals surface area contributed by atoms with Crippen molar-refractivity contribution < 1.29 is 9.53 Å². The van der Waals surface area contributed by atoms with Crippen LogP contribution in [0.4, 0.5) is 0 Å². The van der Waals surface area contributed by atoms with Gasteiger partial charge in [0.2, 0.25) is 0 Å². The minimum Gasteiger partial charge on any atom is -0.461 e. The van der Waals surface area contributed by atoms with Gasteiger partial charge in [-0.1, -0.05) is 6.07 Å². The van der Waals surface area contributed by atoms with Crippen LogP contribution in [0.2, 0.25) is 0 Å². The van der Waals surface area contributed by atoms with Crippen LogP contribution in [0.25, 0.3) is 5.52 Å². The van der Waals surface area contributed by atoms with Crippen LogP contribution in [0, 0.1) is 0 Å². The van der Waals surface area contributed by atoms with Gasteiger partial charge in [-0.3, -0.25) is 0 Å². The second-order valence-corrected chi connectivity index (χ2v) is 3.75. The molecule has 0 saturated carbocycles. The Morgan fingerprint density at radius 2 is 2.40 bits per heavy atom. The number of nitrogens with zero attached hydrogens (tertiary/aromatic N) is 2. The summed E-state index contributed by atoms with van der Waals surface area (Å²) < 4.78 is 7.18. The number of ether oxygens (including phenoxy) is 1. The van der Waals surface area contributed by atoms with E-state index in [-0.39, 0.29) is 5.97 Å². The summed E-state index contributed by atoms with van der Waals surface area (Å²) >= 11 is 3.26. The molecule has 0 aliphatic rings. The quantitative estimate of drug-likeness (QED) is 0.785. The molecule has 0 bridgehead atoms. The number of aromatic nitrogens is 2. The van der Waals surface area contributed by atoms with E-state index in [2.05, 4.69) is 21.0 Å². The van der Waals surface area contributed by atoms with Crippen LogP contribution in [0.3, 0.4) is 0 Å². The van der Waals surface area contributed by atoms with E-state index in [1.807, 2.05) is 12.1 Å². The Morgan fingerprint density at radius 3 is 3.13 bits per heavy atom. The largest absolute Gasteiger partial charge is 0.461 e. The molecule has 15 heavy (non-hydrogen) atoms. The van der Waals surface area contributed by atoms with Crippen LogP contribution >= 0.6 is 15.9 Å². The second-order valence-electron chi connectivity index (χ2n) is 2.94. The van der Waals surface area contributed by atoms with Crippen molar-refractivity contribution in [1.82, 2.24) is 9.61 Å². The Morgan fingerprint density at radius 1 is 1.60 bits per heavy atom. The molecule has 0 radical (unpaired) electrons. The molecule has 2 heterocycles. The summed E-state index contributed by atoms with van der Waals surface area (Å²) in [6.07, 6.45) is 0. The van der Waals surface area contributed by atoms with Crippen molar-refractivity contribution in [3.05, 3.63) is 34.6 Å². The first-order valence-corrected chi connectivity index (χ1v) is 5.33. The number of halogens is 1. The number of rotatable bonds is 2. The normalized spacial score (nSPS) is 10.5. The molecule has 78 valence electrons. The topological polar surface area (TPSA) is 43.6 Å². The standard InChI is InChI=1S/C10H9BrN2O2/c1-2-15-10(14)8-5-3-4-7-6-9(11)12-13(7)8/h3-6H,2H2,1H3. The lowest BCUT2D eigenvalue weighted by molar-refractivity contribution is 0.0516. The second kappa shape index (κ2) is 4.02. The molecule has 0 aliphatic carbocycles. The highest BCUT2D eigenvalue weighted by Crippen LogP contribution is 2.14. The molecule has 0 aromatic carbocycles. The van der Waals surface area contributed by atoms with Crippen molar-refractivity contribution in [3.8, 4) is 0 Å². The van der Waals surface area contributed by atoms with E-state index in [0.29, 0.717) is 16.9 Å². The van der Waals surface area contributed by atoms with E-state index in [0.717, 1.165) is 5.52 Å². The summed E-state index contributed by atoms with van der Waals surface area (Å²) in [5, 5.41) is 4.15. The Balaban J connectivity index is 2.55. The van der Waals surface area contributed by atoms with Crippen LogP contribution in [-0.2, 0) is 4.74 Å². The maximum Gasteiger partial charge on any atom is 0.356 e. The lowest BCUT2D eigenvalue weighted by atomic mass is 10.3. The predicted molar refractivity (Wildman–Crippen MR) is 58.8 cm³/mol. The van der Waals surface area contributed by atoms with Gasteiger partial charge in [-0.25, -0.2) is 9.31 Å². The Hall–Kier alpha value is -1.36. The van der Waals surface area contributed by atoms with E-state index < -0.39 is 0 Å². The summed E-state index contributed by atoms with van der Waals surface area (Å²) in [6, 6.07) is 7.20. The minimum absolute atomic E-state index is 0.359. The summed E-state index contributed by atoms with van der Waals surface area (Å²) in [5.74, 6) is -0.362. The summed E-state index contributed by atoms with van der Waals surface area (Å²) in [7, 11) is 0. The van der Waals surface area contributed by atoms with Gasteiger partial charge in [0.05, 0.1) is 12.1 Å². The van der Waals surface area contributed by atoms with E-state index in [1.165, 1.54) is 0 Å². The highest BCUT2D eigenvalue weighted by molar-refractivity contribution is 9.10. The van der Waals surface area contributed by atoms with E-state index >= 15 is 0 Å². The number of carbonyl (C=O) groups is 1. The number of hydrogen-bond donors (Lipinski definition) is 0. The maximum atomic E-state index is 11.6. The van der Waals surface area contributed by atoms with Crippen LogP contribution in [0.5, 0.6) is 0 Å². The molecule has 2 rings (SSSR count). The smallest absolute Gasteiger partial charge is 0.356 e. The van der Waals surface area contributed by atoms with Crippen molar-refractivity contribution in [2.45, 2.75) is 6.92 Å². The fourth-order valence-corrected chi connectivity index (χ4v) is 1.74. The molecule has 2 aromatic rings. The summed E-state index contributed by atoms with van der Waals surface area (Å²) in [5.41, 5.74) is 1.28.